The first kappa shape index (κ1) is 15.4. The summed E-state index contributed by atoms with van der Waals surface area (Å²) >= 11 is 0. The minimum absolute atomic E-state index is 0.0190. The van der Waals surface area contributed by atoms with Gasteiger partial charge < -0.3 is 15.8 Å². The topological polar surface area (TPSA) is 67.6 Å². The zero-order chi connectivity index (χ0) is 13.4. The Bertz CT molecular complexity index is 249. The van der Waals surface area contributed by atoms with Gasteiger partial charge in [-0.25, -0.2) is 0 Å². The first-order valence-electron chi connectivity index (χ1n) is 6.99. The molecule has 0 aromatic heterocycles. The summed E-state index contributed by atoms with van der Waals surface area (Å²) in [5.74, 6) is -0.0190. The van der Waals surface area contributed by atoms with Crippen molar-refractivity contribution >= 4 is 5.91 Å². The fraction of sp³-hybridized carbons (Fsp3) is 0.923. The maximum absolute atomic E-state index is 11.9. The van der Waals surface area contributed by atoms with Crippen LogP contribution in [-0.2, 0) is 9.53 Å². The Morgan fingerprint density at radius 1 is 1.33 bits per heavy atom. The zero-order valence-corrected chi connectivity index (χ0v) is 11.7. The highest BCUT2D eigenvalue weighted by atomic mass is 16.5. The molecule has 1 rings (SSSR count). The predicted octanol–water partition coefficient (Wildman–Crippen LogP) is 0.342. The molecule has 1 saturated heterocycles. The second-order valence-corrected chi connectivity index (χ2v) is 4.93. The Hall–Kier alpha value is -0.650. The number of ether oxygens (including phenoxy) is 1. The molecule has 0 unspecified atom stereocenters. The van der Waals surface area contributed by atoms with Crippen LogP contribution in [-0.4, -0.2) is 55.7 Å². The summed E-state index contributed by atoms with van der Waals surface area (Å²) in [4.78, 5) is 14.3. The molecular formula is C13H27N3O2. The number of morpholine rings is 1. The lowest BCUT2D eigenvalue weighted by Crippen LogP contribution is -2.53. The van der Waals surface area contributed by atoms with E-state index in [4.69, 9.17) is 10.5 Å². The van der Waals surface area contributed by atoms with E-state index in [1.807, 2.05) is 13.8 Å². The van der Waals surface area contributed by atoms with Crippen LogP contribution in [0, 0.1) is 0 Å². The van der Waals surface area contributed by atoms with Gasteiger partial charge in [0.25, 0.3) is 0 Å². The van der Waals surface area contributed by atoms with Crippen LogP contribution in [0.1, 0.15) is 33.1 Å². The molecule has 1 aliphatic rings. The number of carbonyl (C=O) groups excluding carboxylic acids is 1. The summed E-state index contributed by atoms with van der Waals surface area (Å²) in [5.41, 5.74) is 5.33. The van der Waals surface area contributed by atoms with Gasteiger partial charge in [-0.3, -0.25) is 9.69 Å². The van der Waals surface area contributed by atoms with Crippen molar-refractivity contribution in [2.45, 2.75) is 38.6 Å². The second-order valence-electron chi connectivity index (χ2n) is 4.93. The quantitative estimate of drug-likeness (QED) is 0.646. The average molecular weight is 257 g/mol. The number of amides is 1. The van der Waals surface area contributed by atoms with Gasteiger partial charge in [-0.15, -0.1) is 0 Å². The van der Waals surface area contributed by atoms with Gasteiger partial charge in [0.2, 0.25) is 5.91 Å². The van der Waals surface area contributed by atoms with E-state index >= 15 is 0 Å². The van der Waals surface area contributed by atoms with Gasteiger partial charge in [0.05, 0.1) is 18.8 Å². The molecule has 3 N–H and O–H groups in total. The molecule has 0 radical (unpaired) electrons. The molecule has 0 atom stereocenters. The molecule has 18 heavy (non-hydrogen) atoms. The summed E-state index contributed by atoms with van der Waals surface area (Å²) in [6.07, 6.45) is 2.33. The van der Waals surface area contributed by atoms with Gasteiger partial charge in [0.15, 0.2) is 0 Å². The van der Waals surface area contributed by atoms with Gasteiger partial charge >= 0.3 is 0 Å². The highest BCUT2D eigenvalue weighted by molar-refractivity contribution is 5.85. The Morgan fingerprint density at radius 3 is 2.50 bits per heavy atom. The van der Waals surface area contributed by atoms with Crippen LogP contribution in [0.2, 0.25) is 0 Å². The monoisotopic (exact) mass is 257 g/mol. The van der Waals surface area contributed by atoms with E-state index in [-0.39, 0.29) is 5.91 Å². The third-order valence-corrected chi connectivity index (χ3v) is 3.75. The van der Waals surface area contributed by atoms with E-state index in [9.17, 15) is 4.79 Å². The fourth-order valence-corrected chi connectivity index (χ4v) is 2.08. The molecule has 1 amide bonds. The largest absolute Gasteiger partial charge is 0.379 e. The lowest BCUT2D eigenvalue weighted by Gasteiger charge is -2.27. The van der Waals surface area contributed by atoms with Crippen molar-refractivity contribution in [3.63, 3.8) is 0 Å². The van der Waals surface area contributed by atoms with Crippen molar-refractivity contribution in [2.24, 2.45) is 5.73 Å². The lowest BCUT2D eigenvalue weighted by atomic mass is 9.93. The molecule has 1 aliphatic heterocycles. The molecule has 1 fully saturated rings. The SMILES string of the molecule is CCC(N)(CC)C(=O)NCCCN1CCOCC1. The molecule has 1 heterocycles. The van der Waals surface area contributed by atoms with Crippen LogP contribution in [0.25, 0.3) is 0 Å². The third-order valence-electron chi connectivity index (χ3n) is 3.75. The molecule has 5 nitrogen and oxygen atoms in total. The van der Waals surface area contributed by atoms with Crippen LogP contribution in [0.5, 0.6) is 0 Å². The summed E-state index contributed by atoms with van der Waals surface area (Å²) in [7, 11) is 0. The first-order valence-corrected chi connectivity index (χ1v) is 6.99. The molecule has 0 spiro atoms. The number of rotatable bonds is 7. The number of nitrogens with two attached hydrogens (primary N) is 1. The fourth-order valence-electron chi connectivity index (χ4n) is 2.08. The standard InChI is InChI=1S/C13H27N3O2/c1-3-13(14,4-2)12(17)15-6-5-7-16-8-10-18-11-9-16/h3-11,14H2,1-2H3,(H,15,17). The summed E-state index contributed by atoms with van der Waals surface area (Å²) < 4.78 is 5.29. The lowest BCUT2D eigenvalue weighted by molar-refractivity contribution is -0.126. The Kier molecular flexibility index (Phi) is 6.60. The van der Waals surface area contributed by atoms with Crippen LogP contribution in [0.15, 0.2) is 0 Å². The summed E-state index contributed by atoms with van der Waals surface area (Å²) in [6, 6.07) is 0. The third kappa shape index (κ3) is 4.55. The smallest absolute Gasteiger partial charge is 0.240 e. The molecule has 0 aromatic rings. The highest BCUT2D eigenvalue weighted by Crippen LogP contribution is 2.10. The highest BCUT2D eigenvalue weighted by Gasteiger charge is 2.29. The molecule has 0 saturated carbocycles. The zero-order valence-electron chi connectivity index (χ0n) is 11.7. The molecule has 106 valence electrons. The van der Waals surface area contributed by atoms with Crippen molar-refractivity contribution in [1.82, 2.24) is 10.2 Å². The second kappa shape index (κ2) is 7.71. The van der Waals surface area contributed by atoms with Gasteiger partial charge in [-0.05, 0) is 25.8 Å². The summed E-state index contributed by atoms with van der Waals surface area (Å²) in [6.45, 7) is 9.27. The molecule has 0 aromatic carbocycles. The Balaban J connectivity index is 2.15. The number of nitrogens with zero attached hydrogens (tertiary/aromatic N) is 1. The van der Waals surface area contributed by atoms with Crippen LogP contribution in [0.4, 0.5) is 0 Å². The molecular weight excluding hydrogens is 230 g/mol. The van der Waals surface area contributed by atoms with E-state index in [1.54, 1.807) is 0 Å². The first-order chi connectivity index (χ1) is 8.62. The minimum atomic E-state index is -0.695. The van der Waals surface area contributed by atoms with Gasteiger partial charge in [0.1, 0.15) is 0 Å². The van der Waals surface area contributed by atoms with Crippen molar-refractivity contribution in [3.05, 3.63) is 0 Å². The van der Waals surface area contributed by atoms with Gasteiger partial charge in [0, 0.05) is 19.6 Å². The van der Waals surface area contributed by atoms with Crippen molar-refractivity contribution < 1.29 is 9.53 Å². The number of hydrogen-bond acceptors (Lipinski definition) is 4. The maximum Gasteiger partial charge on any atom is 0.240 e. The van der Waals surface area contributed by atoms with Crippen LogP contribution < -0.4 is 11.1 Å². The van der Waals surface area contributed by atoms with E-state index in [0.29, 0.717) is 19.4 Å². The Labute approximate surface area is 110 Å². The number of hydrogen-bond donors (Lipinski definition) is 2. The van der Waals surface area contributed by atoms with E-state index < -0.39 is 5.54 Å². The maximum atomic E-state index is 11.9. The number of nitrogens with one attached hydrogen (secondary N) is 1. The number of carbonyl (C=O) groups is 1. The van der Waals surface area contributed by atoms with E-state index in [0.717, 1.165) is 39.3 Å². The van der Waals surface area contributed by atoms with Gasteiger partial charge in [-0.2, -0.15) is 0 Å². The van der Waals surface area contributed by atoms with Crippen LogP contribution in [0.3, 0.4) is 0 Å². The molecule has 5 heteroatoms. The van der Waals surface area contributed by atoms with E-state index in [2.05, 4.69) is 10.2 Å². The summed E-state index contributed by atoms with van der Waals surface area (Å²) in [5, 5.41) is 2.94. The van der Waals surface area contributed by atoms with Gasteiger partial charge in [-0.1, -0.05) is 13.8 Å². The van der Waals surface area contributed by atoms with Crippen molar-refractivity contribution in [1.29, 1.82) is 0 Å². The van der Waals surface area contributed by atoms with E-state index in [1.165, 1.54) is 0 Å². The molecule has 0 bridgehead atoms. The normalized spacial score (nSPS) is 17.7. The van der Waals surface area contributed by atoms with Crippen molar-refractivity contribution in [2.75, 3.05) is 39.4 Å². The minimum Gasteiger partial charge on any atom is -0.379 e. The van der Waals surface area contributed by atoms with Crippen molar-refractivity contribution in [3.8, 4) is 0 Å². The average Bonchev–Trinajstić information content (AvgIpc) is 2.43. The Morgan fingerprint density at radius 2 is 1.94 bits per heavy atom. The predicted molar refractivity (Wildman–Crippen MR) is 72.4 cm³/mol. The van der Waals surface area contributed by atoms with Crippen LogP contribution >= 0.6 is 0 Å². The molecule has 0 aliphatic carbocycles.